The van der Waals surface area contributed by atoms with E-state index in [-0.39, 0.29) is 6.09 Å². The van der Waals surface area contributed by atoms with Crippen molar-refractivity contribution >= 4 is 28.6 Å². The van der Waals surface area contributed by atoms with E-state index in [2.05, 4.69) is 22.9 Å². The van der Waals surface area contributed by atoms with Crippen LogP contribution < -0.4 is 9.80 Å². The van der Waals surface area contributed by atoms with Crippen molar-refractivity contribution in [2.45, 2.75) is 45.6 Å². The van der Waals surface area contributed by atoms with E-state index in [4.69, 9.17) is 9.72 Å². The molecule has 0 saturated carbocycles. The van der Waals surface area contributed by atoms with Gasteiger partial charge in [-0.25, -0.2) is 9.78 Å². The second-order valence-corrected chi connectivity index (χ2v) is 7.83. The van der Waals surface area contributed by atoms with Crippen LogP contribution >= 0.6 is 0 Å². The maximum atomic E-state index is 13.1. The molecule has 1 N–H and O–H groups in total. The number of rotatable bonds is 7. The number of carbonyl (C=O) groups excluding carboxylic acids is 1. The Bertz CT molecular complexity index is 964. The molecule has 158 valence electrons. The second kappa shape index (κ2) is 9.65. The van der Waals surface area contributed by atoms with Gasteiger partial charge in [0.2, 0.25) is 0 Å². The van der Waals surface area contributed by atoms with Crippen LogP contribution in [0.4, 0.5) is 16.4 Å². The number of anilines is 2. The van der Waals surface area contributed by atoms with Crippen LogP contribution in [-0.2, 0) is 11.3 Å². The average molecular weight is 407 g/mol. The van der Waals surface area contributed by atoms with Gasteiger partial charge >= 0.3 is 6.09 Å². The van der Waals surface area contributed by atoms with Crippen LogP contribution in [0, 0.1) is 0 Å². The second-order valence-electron chi connectivity index (χ2n) is 7.83. The molecule has 0 radical (unpaired) electrons. The summed E-state index contributed by atoms with van der Waals surface area (Å²) in [6.07, 6.45) is 6.99. The van der Waals surface area contributed by atoms with Crippen LogP contribution in [0.25, 0.3) is 10.9 Å². The summed E-state index contributed by atoms with van der Waals surface area (Å²) in [7, 11) is 0. The summed E-state index contributed by atoms with van der Waals surface area (Å²) >= 11 is 0. The van der Waals surface area contributed by atoms with E-state index in [0.29, 0.717) is 19.0 Å². The molecule has 0 atom stereocenters. The number of unbranched alkanes of at least 4 members (excludes halogenated alkanes) is 1. The van der Waals surface area contributed by atoms with E-state index in [1.807, 2.05) is 42.6 Å². The summed E-state index contributed by atoms with van der Waals surface area (Å²) in [6.45, 7) is 4.92. The monoisotopic (exact) mass is 406 g/mol. The molecule has 3 aromatic rings. The Kier molecular flexibility index (Phi) is 6.52. The first-order valence-electron chi connectivity index (χ1n) is 11.0. The van der Waals surface area contributed by atoms with E-state index in [1.54, 1.807) is 4.90 Å². The fraction of sp³-hybridized carbons (Fsp3) is 0.417. The molecule has 4 rings (SSSR count). The molecule has 0 aliphatic carbocycles. The molecule has 1 fully saturated rings. The predicted octanol–water partition coefficient (Wildman–Crippen LogP) is 5.50. The predicted molar refractivity (Wildman–Crippen MR) is 121 cm³/mol. The third-order valence-corrected chi connectivity index (χ3v) is 5.57. The van der Waals surface area contributed by atoms with Gasteiger partial charge in [-0.15, -0.1) is 0 Å². The summed E-state index contributed by atoms with van der Waals surface area (Å²) in [5.41, 5.74) is 1.90. The summed E-state index contributed by atoms with van der Waals surface area (Å²) < 4.78 is 5.60. The van der Waals surface area contributed by atoms with Crippen molar-refractivity contribution in [3.8, 4) is 0 Å². The number of nitrogens with one attached hydrogen (secondary N) is 1. The Morgan fingerprint density at radius 2 is 1.97 bits per heavy atom. The summed E-state index contributed by atoms with van der Waals surface area (Å²) in [6, 6.07) is 14.1. The number of nitrogens with zero attached hydrogens (tertiary/aromatic N) is 3. The van der Waals surface area contributed by atoms with Gasteiger partial charge < -0.3 is 14.6 Å². The Labute approximate surface area is 177 Å². The van der Waals surface area contributed by atoms with Crippen molar-refractivity contribution in [2.24, 2.45) is 0 Å². The fourth-order valence-corrected chi connectivity index (χ4v) is 3.89. The first kappa shape index (κ1) is 20.3. The molecule has 30 heavy (non-hydrogen) atoms. The van der Waals surface area contributed by atoms with Gasteiger partial charge in [0.15, 0.2) is 5.82 Å². The highest BCUT2D eigenvalue weighted by Crippen LogP contribution is 2.31. The summed E-state index contributed by atoms with van der Waals surface area (Å²) in [4.78, 5) is 25.3. The molecular formula is C24H30N4O2. The number of benzene rings is 1. The van der Waals surface area contributed by atoms with Crippen LogP contribution in [0.5, 0.6) is 0 Å². The van der Waals surface area contributed by atoms with Crippen LogP contribution in [0.3, 0.4) is 0 Å². The van der Waals surface area contributed by atoms with E-state index >= 15 is 0 Å². The zero-order valence-electron chi connectivity index (χ0n) is 17.6. The topological polar surface area (TPSA) is 61.5 Å². The van der Waals surface area contributed by atoms with Crippen molar-refractivity contribution in [1.82, 2.24) is 9.97 Å². The molecule has 1 amide bonds. The number of amides is 1. The first-order chi connectivity index (χ1) is 14.8. The molecule has 1 saturated heterocycles. The Balaban J connectivity index is 1.72. The zero-order valence-corrected chi connectivity index (χ0v) is 17.6. The largest absolute Gasteiger partial charge is 0.449 e. The number of ether oxygens (including phenoxy) is 1. The first-order valence-corrected chi connectivity index (χ1v) is 11.0. The summed E-state index contributed by atoms with van der Waals surface area (Å²) in [5, 5.41) is 1.06. The number of hydrogen-bond donors (Lipinski definition) is 1. The third kappa shape index (κ3) is 4.58. The molecule has 0 bridgehead atoms. The Hall–Kier alpha value is -3.02. The van der Waals surface area contributed by atoms with Crippen molar-refractivity contribution in [3.05, 3.63) is 54.2 Å². The van der Waals surface area contributed by atoms with Crippen LogP contribution in [-0.4, -0.2) is 35.8 Å². The third-order valence-electron chi connectivity index (χ3n) is 5.57. The maximum absolute atomic E-state index is 13.1. The molecule has 0 unspecified atom stereocenters. The highest BCUT2D eigenvalue weighted by atomic mass is 16.6. The highest BCUT2D eigenvalue weighted by molar-refractivity contribution is 5.99. The SMILES string of the molecule is CCCCOC(=O)N(Cc1ccccc1)c1nc(N2CCCCC2)cc2cc[nH]c12. The number of hydrogen-bond acceptors (Lipinski definition) is 4. The lowest BCUT2D eigenvalue weighted by Gasteiger charge is -2.29. The zero-order chi connectivity index (χ0) is 20.8. The number of aromatic nitrogens is 2. The molecule has 0 spiro atoms. The summed E-state index contributed by atoms with van der Waals surface area (Å²) in [5.74, 6) is 1.56. The Morgan fingerprint density at radius 1 is 1.17 bits per heavy atom. The van der Waals surface area contributed by atoms with Gasteiger partial charge in [-0.05, 0) is 43.4 Å². The lowest BCUT2D eigenvalue weighted by atomic mass is 10.1. The number of H-pyrrole nitrogens is 1. The van der Waals surface area contributed by atoms with Crippen molar-refractivity contribution in [2.75, 3.05) is 29.5 Å². The minimum atomic E-state index is -0.355. The fourth-order valence-electron chi connectivity index (χ4n) is 3.89. The maximum Gasteiger partial charge on any atom is 0.415 e. The van der Waals surface area contributed by atoms with Crippen LogP contribution in [0.2, 0.25) is 0 Å². The molecule has 3 heterocycles. The van der Waals surface area contributed by atoms with Crippen molar-refractivity contribution in [1.29, 1.82) is 0 Å². The molecule has 6 heteroatoms. The van der Waals surface area contributed by atoms with E-state index in [0.717, 1.165) is 48.2 Å². The van der Waals surface area contributed by atoms with Crippen molar-refractivity contribution < 1.29 is 9.53 Å². The normalized spacial score (nSPS) is 14.1. The number of piperidine rings is 1. The molecule has 2 aromatic heterocycles. The van der Waals surface area contributed by atoms with Gasteiger partial charge in [-0.3, -0.25) is 4.90 Å². The smallest absolute Gasteiger partial charge is 0.415 e. The van der Waals surface area contributed by atoms with Gasteiger partial charge in [0.1, 0.15) is 5.82 Å². The van der Waals surface area contributed by atoms with E-state index in [1.165, 1.54) is 19.3 Å². The van der Waals surface area contributed by atoms with Crippen LogP contribution in [0.1, 0.15) is 44.6 Å². The Morgan fingerprint density at radius 3 is 2.73 bits per heavy atom. The minimum absolute atomic E-state index is 0.355. The molecule has 1 aromatic carbocycles. The van der Waals surface area contributed by atoms with Crippen molar-refractivity contribution in [3.63, 3.8) is 0 Å². The lowest BCUT2D eigenvalue weighted by molar-refractivity contribution is 0.151. The van der Waals surface area contributed by atoms with Crippen LogP contribution in [0.15, 0.2) is 48.7 Å². The number of carbonyl (C=O) groups is 1. The van der Waals surface area contributed by atoms with Gasteiger partial charge in [0.05, 0.1) is 18.7 Å². The van der Waals surface area contributed by atoms with E-state index < -0.39 is 0 Å². The average Bonchev–Trinajstić information content (AvgIpc) is 3.27. The lowest BCUT2D eigenvalue weighted by Crippen LogP contribution is -2.34. The number of aromatic amines is 1. The van der Waals surface area contributed by atoms with Gasteiger partial charge in [-0.2, -0.15) is 0 Å². The standard InChI is InChI=1S/C24H30N4O2/c1-2-3-16-30-24(29)28(18-19-10-6-4-7-11-19)23-22-20(12-13-25-22)17-21(26-23)27-14-8-5-9-15-27/h4,6-7,10-13,17,25H,2-3,5,8-9,14-16,18H2,1H3. The van der Waals surface area contributed by atoms with E-state index in [9.17, 15) is 4.79 Å². The molecule has 1 aliphatic rings. The molecule has 1 aliphatic heterocycles. The highest BCUT2D eigenvalue weighted by Gasteiger charge is 2.24. The molecule has 6 nitrogen and oxygen atoms in total. The van der Waals surface area contributed by atoms with Gasteiger partial charge in [-0.1, -0.05) is 43.7 Å². The van der Waals surface area contributed by atoms with Gasteiger partial charge in [0, 0.05) is 24.7 Å². The minimum Gasteiger partial charge on any atom is -0.449 e. The van der Waals surface area contributed by atoms with Gasteiger partial charge in [0.25, 0.3) is 0 Å². The number of fused-ring (bicyclic) bond motifs is 1. The number of pyridine rings is 1. The molecular weight excluding hydrogens is 376 g/mol. The quantitative estimate of drug-likeness (QED) is 0.527.